The van der Waals surface area contributed by atoms with Gasteiger partial charge in [-0.05, 0) is 37.1 Å². The van der Waals surface area contributed by atoms with Crippen molar-refractivity contribution in [3.8, 4) is 0 Å². The Bertz CT molecular complexity index is 586. The lowest BCUT2D eigenvalue weighted by atomic mass is 10.2. The molecule has 0 fully saturated rings. The van der Waals surface area contributed by atoms with Crippen molar-refractivity contribution in [1.82, 2.24) is 9.88 Å². The van der Waals surface area contributed by atoms with Crippen molar-refractivity contribution in [2.24, 2.45) is 5.92 Å². The molecular formula is C15H21N3O. The van der Waals surface area contributed by atoms with Gasteiger partial charge in [-0.1, -0.05) is 13.8 Å². The van der Waals surface area contributed by atoms with E-state index in [1.807, 2.05) is 36.1 Å². The van der Waals surface area contributed by atoms with Crippen LogP contribution in [-0.4, -0.2) is 28.9 Å². The van der Waals surface area contributed by atoms with Crippen LogP contribution >= 0.6 is 0 Å². The van der Waals surface area contributed by atoms with E-state index in [9.17, 15) is 4.79 Å². The first kappa shape index (κ1) is 13.5. The molecule has 4 nitrogen and oxygen atoms in total. The van der Waals surface area contributed by atoms with Gasteiger partial charge in [0.15, 0.2) is 0 Å². The van der Waals surface area contributed by atoms with Crippen molar-refractivity contribution in [2.75, 3.05) is 18.8 Å². The van der Waals surface area contributed by atoms with Crippen molar-refractivity contribution >= 4 is 22.5 Å². The third kappa shape index (κ3) is 2.89. The number of aromatic nitrogens is 1. The Morgan fingerprint density at radius 1 is 1.37 bits per heavy atom. The number of nitrogens with two attached hydrogens (primary N) is 1. The van der Waals surface area contributed by atoms with Crippen molar-refractivity contribution in [2.45, 2.75) is 20.8 Å². The molecule has 0 aliphatic heterocycles. The molecule has 0 aliphatic rings. The smallest absolute Gasteiger partial charge is 0.270 e. The van der Waals surface area contributed by atoms with Gasteiger partial charge in [0.25, 0.3) is 5.91 Å². The van der Waals surface area contributed by atoms with Crippen LogP contribution in [0.2, 0.25) is 0 Å². The molecule has 0 saturated heterocycles. The number of nitrogens with one attached hydrogen (secondary N) is 1. The lowest BCUT2D eigenvalue weighted by Crippen LogP contribution is -2.34. The highest BCUT2D eigenvalue weighted by Gasteiger charge is 2.17. The van der Waals surface area contributed by atoms with Crippen LogP contribution in [0.4, 0.5) is 5.69 Å². The van der Waals surface area contributed by atoms with E-state index in [2.05, 4.69) is 18.8 Å². The third-order valence-corrected chi connectivity index (χ3v) is 3.13. The average Bonchev–Trinajstić information content (AvgIpc) is 2.77. The van der Waals surface area contributed by atoms with Crippen LogP contribution in [0.15, 0.2) is 24.3 Å². The highest BCUT2D eigenvalue weighted by molar-refractivity contribution is 5.98. The fourth-order valence-corrected chi connectivity index (χ4v) is 2.23. The zero-order valence-corrected chi connectivity index (χ0v) is 11.7. The average molecular weight is 259 g/mol. The number of nitrogens with zero attached hydrogens (tertiary/aromatic N) is 1. The normalized spacial score (nSPS) is 11.2. The van der Waals surface area contributed by atoms with Gasteiger partial charge in [-0.3, -0.25) is 4.79 Å². The van der Waals surface area contributed by atoms with Crippen molar-refractivity contribution < 1.29 is 4.79 Å². The molecule has 0 radical (unpaired) electrons. The van der Waals surface area contributed by atoms with Crippen LogP contribution in [0.1, 0.15) is 31.3 Å². The van der Waals surface area contributed by atoms with Gasteiger partial charge in [0.1, 0.15) is 5.69 Å². The van der Waals surface area contributed by atoms with E-state index in [1.54, 1.807) is 0 Å². The SMILES string of the molecule is CCN(CC(C)C)C(=O)c1cc2cc(N)ccc2[nH]1. The summed E-state index contributed by atoms with van der Waals surface area (Å²) in [5, 5.41) is 0.976. The maximum Gasteiger partial charge on any atom is 0.270 e. The number of anilines is 1. The fourth-order valence-electron chi connectivity index (χ4n) is 2.23. The molecule has 0 atom stereocenters. The Hall–Kier alpha value is -1.97. The number of carbonyl (C=O) groups is 1. The molecule has 0 saturated carbocycles. The van der Waals surface area contributed by atoms with Gasteiger partial charge in [-0.2, -0.15) is 0 Å². The third-order valence-electron chi connectivity index (χ3n) is 3.13. The molecule has 2 aromatic rings. The molecule has 0 bridgehead atoms. The van der Waals surface area contributed by atoms with E-state index in [-0.39, 0.29) is 5.91 Å². The first-order valence-electron chi connectivity index (χ1n) is 6.68. The van der Waals surface area contributed by atoms with Crippen LogP contribution in [-0.2, 0) is 0 Å². The second kappa shape index (κ2) is 5.34. The summed E-state index contributed by atoms with van der Waals surface area (Å²) in [6.45, 7) is 7.71. The largest absolute Gasteiger partial charge is 0.399 e. The van der Waals surface area contributed by atoms with E-state index in [0.717, 1.165) is 17.4 Å². The number of carbonyl (C=O) groups excluding carboxylic acids is 1. The number of hydrogen-bond acceptors (Lipinski definition) is 2. The Kier molecular flexibility index (Phi) is 3.79. The topological polar surface area (TPSA) is 62.1 Å². The molecule has 0 aliphatic carbocycles. The number of benzene rings is 1. The van der Waals surface area contributed by atoms with Crippen LogP contribution in [0, 0.1) is 5.92 Å². The van der Waals surface area contributed by atoms with Crippen LogP contribution in [0.5, 0.6) is 0 Å². The Morgan fingerprint density at radius 3 is 2.74 bits per heavy atom. The zero-order valence-electron chi connectivity index (χ0n) is 11.7. The Labute approximate surface area is 113 Å². The maximum absolute atomic E-state index is 12.4. The molecule has 19 heavy (non-hydrogen) atoms. The minimum atomic E-state index is 0.0472. The first-order valence-corrected chi connectivity index (χ1v) is 6.68. The molecule has 4 heteroatoms. The van der Waals surface area contributed by atoms with Crippen molar-refractivity contribution in [1.29, 1.82) is 0 Å². The summed E-state index contributed by atoms with van der Waals surface area (Å²) in [5.74, 6) is 0.509. The Balaban J connectivity index is 2.29. The van der Waals surface area contributed by atoms with E-state index in [4.69, 9.17) is 5.73 Å². The molecule has 2 rings (SSSR count). The summed E-state index contributed by atoms with van der Waals surface area (Å²) in [4.78, 5) is 17.5. The molecule has 1 amide bonds. The maximum atomic E-state index is 12.4. The second-order valence-corrected chi connectivity index (χ2v) is 5.27. The molecular weight excluding hydrogens is 238 g/mol. The van der Waals surface area contributed by atoms with Gasteiger partial charge in [-0.25, -0.2) is 0 Å². The number of nitrogen functional groups attached to an aromatic ring is 1. The highest BCUT2D eigenvalue weighted by atomic mass is 16.2. The standard InChI is InChI=1S/C15H21N3O/c1-4-18(9-10(2)3)15(19)14-8-11-7-12(16)5-6-13(11)17-14/h5-8,10,17H,4,9,16H2,1-3H3. The van der Waals surface area contributed by atoms with Crippen LogP contribution in [0.3, 0.4) is 0 Å². The predicted molar refractivity (Wildman–Crippen MR) is 79.1 cm³/mol. The summed E-state index contributed by atoms with van der Waals surface area (Å²) >= 11 is 0. The summed E-state index contributed by atoms with van der Waals surface area (Å²) in [7, 11) is 0. The van der Waals surface area contributed by atoms with Gasteiger partial charge in [-0.15, -0.1) is 0 Å². The molecule has 3 N–H and O–H groups in total. The second-order valence-electron chi connectivity index (χ2n) is 5.27. The number of H-pyrrole nitrogens is 1. The summed E-state index contributed by atoms with van der Waals surface area (Å²) in [5.41, 5.74) is 8.03. The van der Waals surface area contributed by atoms with Gasteiger partial charge >= 0.3 is 0 Å². The highest BCUT2D eigenvalue weighted by Crippen LogP contribution is 2.19. The van der Waals surface area contributed by atoms with Crippen molar-refractivity contribution in [3.63, 3.8) is 0 Å². The Morgan fingerprint density at radius 2 is 2.11 bits per heavy atom. The van der Waals surface area contributed by atoms with E-state index in [0.29, 0.717) is 23.8 Å². The molecule has 1 heterocycles. The van der Waals surface area contributed by atoms with Gasteiger partial charge < -0.3 is 15.6 Å². The fraction of sp³-hybridized carbons (Fsp3) is 0.400. The van der Waals surface area contributed by atoms with E-state index >= 15 is 0 Å². The molecule has 0 unspecified atom stereocenters. The quantitative estimate of drug-likeness (QED) is 0.829. The lowest BCUT2D eigenvalue weighted by Gasteiger charge is -2.22. The van der Waals surface area contributed by atoms with Crippen molar-refractivity contribution in [3.05, 3.63) is 30.0 Å². The lowest BCUT2D eigenvalue weighted by molar-refractivity contribution is 0.0741. The minimum absolute atomic E-state index is 0.0472. The zero-order chi connectivity index (χ0) is 14.0. The number of aromatic amines is 1. The number of hydrogen-bond donors (Lipinski definition) is 2. The molecule has 102 valence electrons. The summed E-state index contributed by atoms with van der Waals surface area (Å²) in [6, 6.07) is 7.48. The number of rotatable bonds is 4. The molecule has 0 spiro atoms. The van der Waals surface area contributed by atoms with Gasteiger partial charge in [0.2, 0.25) is 0 Å². The number of fused-ring (bicyclic) bond motifs is 1. The van der Waals surface area contributed by atoms with Crippen LogP contribution in [0.25, 0.3) is 10.9 Å². The summed E-state index contributed by atoms with van der Waals surface area (Å²) < 4.78 is 0. The predicted octanol–water partition coefficient (Wildman–Crippen LogP) is 2.87. The van der Waals surface area contributed by atoms with E-state index < -0.39 is 0 Å². The number of amides is 1. The summed E-state index contributed by atoms with van der Waals surface area (Å²) in [6.07, 6.45) is 0. The molecule has 1 aromatic heterocycles. The van der Waals surface area contributed by atoms with Gasteiger partial charge in [0.05, 0.1) is 0 Å². The van der Waals surface area contributed by atoms with Crippen LogP contribution < -0.4 is 5.73 Å². The van der Waals surface area contributed by atoms with Gasteiger partial charge in [0, 0.05) is 29.7 Å². The monoisotopic (exact) mass is 259 g/mol. The first-order chi connectivity index (χ1) is 9.01. The van der Waals surface area contributed by atoms with E-state index in [1.165, 1.54) is 0 Å². The minimum Gasteiger partial charge on any atom is -0.399 e. The molecule has 1 aromatic carbocycles.